The summed E-state index contributed by atoms with van der Waals surface area (Å²) in [5, 5.41) is 28.9. The van der Waals surface area contributed by atoms with E-state index in [4.69, 9.17) is 10.4 Å². The van der Waals surface area contributed by atoms with Crippen LogP contribution in [0.3, 0.4) is 0 Å². The Bertz CT molecular complexity index is 754. The van der Waals surface area contributed by atoms with Gasteiger partial charge in [0, 0.05) is 37.5 Å². The minimum absolute atomic E-state index is 0.112. The number of rotatable bonds is 10. The third kappa shape index (κ3) is 5.87. The zero-order chi connectivity index (χ0) is 18.8. The lowest BCUT2D eigenvalue weighted by atomic mass is 10.1. The van der Waals surface area contributed by atoms with Gasteiger partial charge in [-0.25, -0.2) is 0 Å². The van der Waals surface area contributed by atoms with E-state index >= 15 is 0 Å². The van der Waals surface area contributed by atoms with Gasteiger partial charge in [-0.05, 0) is 49.4 Å². The number of nitro benzene ring substituents is 1. The van der Waals surface area contributed by atoms with E-state index in [0.717, 1.165) is 43.6 Å². The van der Waals surface area contributed by atoms with Gasteiger partial charge >= 0.3 is 0 Å². The molecule has 2 aromatic rings. The van der Waals surface area contributed by atoms with Crippen molar-refractivity contribution >= 4 is 11.4 Å². The molecule has 0 saturated carbocycles. The first-order chi connectivity index (χ1) is 12.6. The molecule has 0 unspecified atom stereocenters. The van der Waals surface area contributed by atoms with Crippen LogP contribution in [0.5, 0.6) is 0 Å². The number of aliphatic hydroxyl groups is 1. The number of aryl methyl sites for hydroxylation is 1. The number of unbranched alkanes of at least 4 members (excludes halogenated alkanes) is 1. The lowest BCUT2D eigenvalue weighted by Gasteiger charge is -2.25. The van der Waals surface area contributed by atoms with Gasteiger partial charge in [0.1, 0.15) is 0 Å². The first-order valence-corrected chi connectivity index (χ1v) is 8.73. The van der Waals surface area contributed by atoms with Crippen molar-refractivity contribution in [2.45, 2.75) is 25.7 Å². The maximum atomic E-state index is 10.7. The second kappa shape index (κ2) is 10.2. The summed E-state index contributed by atoms with van der Waals surface area (Å²) in [5.74, 6) is 0. The van der Waals surface area contributed by atoms with Crippen LogP contribution < -0.4 is 4.90 Å². The largest absolute Gasteiger partial charge is 0.396 e. The average molecular weight is 353 g/mol. The van der Waals surface area contributed by atoms with Gasteiger partial charge < -0.3 is 10.0 Å². The molecular weight excluding hydrogens is 330 g/mol. The fourth-order valence-electron chi connectivity index (χ4n) is 2.82. The number of benzene rings is 2. The Morgan fingerprint density at radius 3 is 2.46 bits per heavy atom. The summed E-state index contributed by atoms with van der Waals surface area (Å²) >= 11 is 0. The molecule has 0 bridgehead atoms. The average Bonchev–Trinajstić information content (AvgIpc) is 2.67. The molecule has 136 valence electrons. The van der Waals surface area contributed by atoms with Gasteiger partial charge in [-0.15, -0.1) is 0 Å². The summed E-state index contributed by atoms with van der Waals surface area (Å²) in [6.07, 6.45) is 3.47. The van der Waals surface area contributed by atoms with E-state index in [9.17, 15) is 10.1 Å². The van der Waals surface area contributed by atoms with E-state index in [1.54, 1.807) is 18.2 Å². The van der Waals surface area contributed by atoms with Crippen molar-refractivity contribution in [3.63, 3.8) is 0 Å². The highest BCUT2D eigenvalue weighted by Crippen LogP contribution is 2.18. The number of anilines is 1. The molecule has 2 aromatic carbocycles. The Morgan fingerprint density at radius 2 is 1.81 bits per heavy atom. The number of nitro groups is 1. The molecule has 0 atom stereocenters. The fourth-order valence-corrected chi connectivity index (χ4v) is 2.82. The first kappa shape index (κ1) is 19.4. The second-order valence-electron chi connectivity index (χ2n) is 6.11. The Morgan fingerprint density at radius 1 is 1.08 bits per heavy atom. The van der Waals surface area contributed by atoms with E-state index in [1.165, 1.54) is 12.1 Å². The zero-order valence-corrected chi connectivity index (χ0v) is 14.7. The molecule has 0 aliphatic carbocycles. The molecule has 0 aliphatic heterocycles. The van der Waals surface area contributed by atoms with Crippen LogP contribution in [0.15, 0.2) is 48.5 Å². The zero-order valence-electron chi connectivity index (χ0n) is 14.7. The molecule has 0 amide bonds. The molecule has 2 rings (SSSR count). The highest BCUT2D eigenvalue weighted by atomic mass is 16.6. The monoisotopic (exact) mass is 353 g/mol. The van der Waals surface area contributed by atoms with Crippen LogP contribution in [0.1, 0.15) is 30.4 Å². The molecule has 26 heavy (non-hydrogen) atoms. The minimum atomic E-state index is -0.391. The summed E-state index contributed by atoms with van der Waals surface area (Å²) in [6.45, 7) is 1.71. The van der Waals surface area contributed by atoms with Crippen LogP contribution in [0, 0.1) is 21.4 Å². The normalized spacial score (nSPS) is 10.3. The van der Waals surface area contributed by atoms with Gasteiger partial charge in [-0.1, -0.05) is 18.2 Å². The third-order valence-corrected chi connectivity index (χ3v) is 4.22. The molecule has 0 aliphatic rings. The minimum Gasteiger partial charge on any atom is -0.396 e. The number of non-ortho nitro benzene ring substituents is 1. The molecule has 0 heterocycles. The van der Waals surface area contributed by atoms with Crippen molar-refractivity contribution in [1.82, 2.24) is 0 Å². The van der Waals surface area contributed by atoms with Crippen LogP contribution >= 0.6 is 0 Å². The molecule has 6 heteroatoms. The maximum absolute atomic E-state index is 10.7. The summed E-state index contributed by atoms with van der Waals surface area (Å²) < 4.78 is 0. The molecule has 6 nitrogen and oxygen atoms in total. The molecular formula is C20H23N3O3. The second-order valence-corrected chi connectivity index (χ2v) is 6.11. The van der Waals surface area contributed by atoms with Crippen LogP contribution in [-0.4, -0.2) is 29.7 Å². The number of nitriles is 1. The molecule has 0 fully saturated rings. The molecule has 0 radical (unpaired) electrons. The van der Waals surface area contributed by atoms with Gasteiger partial charge in [0.2, 0.25) is 0 Å². The van der Waals surface area contributed by atoms with Crippen LogP contribution in [-0.2, 0) is 6.42 Å². The Kier molecular flexibility index (Phi) is 7.59. The molecule has 0 spiro atoms. The van der Waals surface area contributed by atoms with Crippen molar-refractivity contribution in [3.8, 4) is 6.07 Å². The Balaban J connectivity index is 1.88. The fraction of sp³-hybridized carbons (Fsp3) is 0.350. The van der Waals surface area contributed by atoms with Crippen LogP contribution in [0.25, 0.3) is 0 Å². The SMILES string of the molecule is N#Cc1cccc(N(CCCO)CCCCc2ccc([N+](=O)[O-])cc2)c1. The standard InChI is InChI=1S/C20H23N3O3/c21-16-18-6-3-7-20(15-18)22(13-4-14-24)12-2-1-5-17-8-10-19(11-9-17)23(25)26/h3,6-11,15,24H,1-2,4-5,12-14H2. The number of aliphatic hydroxyl groups excluding tert-OH is 1. The van der Waals surface area contributed by atoms with Crippen molar-refractivity contribution < 1.29 is 10.0 Å². The van der Waals surface area contributed by atoms with Crippen molar-refractivity contribution in [2.24, 2.45) is 0 Å². The van der Waals surface area contributed by atoms with Crippen molar-refractivity contribution in [1.29, 1.82) is 5.26 Å². The molecule has 0 saturated heterocycles. The van der Waals surface area contributed by atoms with E-state index in [2.05, 4.69) is 11.0 Å². The Hall–Kier alpha value is -2.91. The van der Waals surface area contributed by atoms with E-state index < -0.39 is 4.92 Å². The summed E-state index contributed by atoms with van der Waals surface area (Å²) in [5.41, 5.74) is 2.82. The van der Waals surface area contributed by atoms with Crippen molar-refractivity contribution in [2.75, 3.05) is 24.6 Å². The van der Waals surface area contributed by atoms with Gasteiger partial charge in [0.25, 0.3) is 5.69 Å². The number of nitrogens with zero attached hydrogens (tertiary/aromatic N) is 3. The summed E-state index contributed by atoms with van der Waals surface area (Å²) in [7, 11) is 0. The van der Waals surface area contributed by atoms with E-state index in [1.807, 2.05) is 18.2 Å². The van der Waals surface area contributed by atoms with E-state index in [-0.39, 0.29) is 12.3 Å². The van der Waals surface area contributed by atoms with Crippen LogP contribution in [0.2, 0.25) is 0 Å². The Labute approximate surface area is 153 Å². The topological polar surface area (TPSA) is 90.4 Å². The molecule has 1 N–H and O–H groups in total. The predicted octanol–water partition coefficient (Wildman–Crippen LogP) is 3.68. The highest BCUT2D eigenvalue weighted by molar-refractivity contribution is 5.51. The van der Waals surface area contributed by atoms with Crippen molar-refractivity contribution in [3.05, 3.63) is 69.8 Å². The van der Waals surface area contributed by atoms with E-state index in [0.29, 0.717) is 12.0 Å². The lowest BCUT2D eigenvalue weighted by molar-refractivity contribution is -0.384. The van der Waals surface area contributed by atoms with Gasteiger partial charge in [0.15, 0.2) is 0 Å². The van der Waals surface area contributed by atoms with Gasteiger partial charge in [0.05, 0.1) is 16.6 Å². The smallest absolute Gasteiger partial charge is 0.269 e. The highest BCUT2D eigenvalue weighted by Gasteiger charge is 2.08. The van der Waals surface area contributed by atoms with Gasteiger partial charge in [-0.3, -0.25) is 10.1 Å². The van der Waals surface area contributed by atoms with Gasteiger partial charge in [-0.2, -0.15) is 5.26 Å². The number of hydrogen-bond acceptors (Lipinski definition) is 5. The third-order valence-electron chi connectivity index (χ3n) is 4.22. The maximum Gasteiger partial charge on any atom is 0.269 e. The summed E-state index contributed by atoms with van der Waals surface area (Å²) in [6, 6.07) is 16.3. The predicted molar refractivity (Wildman–Crippen MR) is 101 cm³/mol. The quantitative estimate of drug-likeness (QED) is 0.400. The van der Waals surface area contributed by atoms with Crippen LogP contribution in [0.4, 0.5) is 11.4 Å². The lowest BCUT2D eigenvalue weighted by Crippen LogP contribution is -2.26. The molecule has 0 aromatic heterocycles. The first-order valence-electron chi connectivity index (χ1n) is 8.73. The summed E-state index contributed by atoms with van der Waals surface area (Å²) in [4.78, 5) is 12.5. The number of hydrogen-bond donors (Lipinski definition) is 1.